The minimum absolute atomic E-state index is 0. The highest BCUT2D eigenvalue weighted by molar-refractivity contribution is 14.0. The maximum absolute atomic E-state index is 4.39. The maximum atomic E-state index is 4.39. The lowest BCUT2D eigenvalue weighted by atomic mass is 9.92. The lowest BCUT2D eigenvalue weighted by molar-refractivity contribution is 0.119. The summed E-state index contributed by atoms with van der Waals surface area (Å²) >= 11 is 0. The van der Waals surface area contributed by atoms with Gasteiger partial charge in [-0.05, 0) is 38.5 Å². The van der Waals surface area contributed by atoms with Gasteiger partial charge in [0.15, 0.2) is 5.96 Å². The third-order valence-electron chi connectivity index (χ3n) is 5.79. The van der Waals surface area contributed by atoms with Gasteiger partial charge < -0.3 is 20.1 Å². The number of nitrogens with one attached hydrogen (secondary N) is 2. The number of piperidine rings is 1. The van der Waals surface area contributed by atoms with E-state index in [0.29, 0.717) is 6.04 Å². The van der Waals surface area contributed by atoms with Crippen LogP contribution in [0.1, 0.15) is 57.8 Å². The average Bonchev–Trinajstić information content (AvgIpc) is 3.21. The zero-order valence-corrected chi connectivity index (χ0v) is 19.0. The molecule has 1 saturated heterocycles. The highest BCUT2D eigenvalue weighted by atomic mass is 127. The third kappa shape index (κ3) is 7.56. The molecule has 3 rings (SSSR count). The molecule has 2 aliphatic rings. The van der Waals surface area contributed by atoms with E-state index in [9.17, 15) is 0 Å². The number of guanidine groups is 1. The number of halogens is 1. The van der Waals surface area contributed by atoms with Crippen LogP contribution in [-0.2, 0) is 6.54 Å². The van der Waals surface area contributed by atoms with Gasteiger partial charge >= 0.3 is 0 Å². The van der Waals surface area contributed by atoms with Gasteiger partial charge in [-0.2, -0.15) is 0 Å². The first-order chi connectivity index (χ1) is 12.8. The van der Waals surface area contributed by atoms with Gasteiger partial charge in [0, 0.05) is 45.3 Å². The van der Waals surface area contributed by atoms with Gasteiger partial charge in [0.1, 0.15) is 12.7 Å². The number of aryl methyl sites for hydroxylation is 1. The normalized spacial score (nSPS) is 20.3. The molecule has 8 heteroatoms. The summed E-state index contributed by atoms with van der Waals surface area (Å²) in [6, 6.07) is 1.41. The van der Waals surface area contributed by atoms with E-state index in [1.807, 2.05) is 11.6 Å². The molecule has 2 heterocycles. The molecule has 0 spiro atoms. The number of aromatic nitrogens is 3. The van der Waals surface area contributed by atoms with E-state index < -0.39 is 0 Å². The van der Waals surface area contributed by atoms with Crippen LogP contribution in [0.15, 0.2) is 17.6 Å². The van der Waals surface area contributed by atoms with Crippen molar-refractivity contribution in [2.45, 2.75) is 76.4 Å². The Morgan fingerprint density at radius 3 is 2.41 bits per heavy atom. The molecule has 1 saturated carbocycles. The number of hydrogen-bond acceptors (Lipinski definition) is 4. The average molecular weight is 489 g/mol. The van der Waals surface area contributed by atoms with Crippen LogP contribution in [0, 0.1) is 0 Å². The molecule has 0 amide bonds. The van der Waals surface area contributed by atoms with Crippen molar-refractivity contribution in [3.63, 3.8) is 0 Å². The van der Waals surface area contributed by atoms with Crippen molar-refractivity contribution in [3.05, 3.63) is 12.7 Å². The second-order valence-electron chi connectivity index (χ2n) is 7.65. The predicted octanol–water partition coefficient (Wildman–Crippen LogP) is 2.64. The fourth-order valence-corrected chi connectivity index (χ4v) is 4.21. The van der Waals surface area contributed by atoms with E-state index in [1.165, 1.54) is 58.0 Å². The highest BCUT2D eigenvalue weighted by Gasteiger charge is 2.26. The summed E-state index contributed by atoms with van der Waals surface area (Å²) in [4.78, 5) is 7.13. The number of aliphatic imine (C=N–C) groups is 1. The Morgan fingerprint density at radius 1 is 1.04 bits per heavy atom. The topological polar surface area (TPSA) is 70.4 Å². The van der Waals surface area contributed by atoms with Crippen molar-refractivity contribution in [2.75, 3.05) is 26.7 Å². The molecule has 0 unspecified atom stereocenters. The summed E-state index contributed by atoms with van der Waals surface area (Å²) in [5, 5.41) is 14.7. The molecule has 0 atom stereocenters. The fraction of sp³-hybridized carbons (Fsp3) is 0.842. The van der Waals surface area contributed by atoms with Crippen molar-refractivity contribution in [3.8, 4) is 0 Å². The Balaban J connectivity index is 0.00000261. The molecule has 0 bridgehead atoms. The molecule has 27 heavy (non-hydrogen) atoms. The Labute approximate surface area is 180 Å². The molecule has 2 N–H and O–H groups in total. The van der Waals surface area contributed by atoms with Crippen LogP contribution in [0.2, 0.25) is 0 Å². The SMILES string of the molecule is CN=C(NCCCCn1cnnc1)NC1CCN(C2CCCCC2)CC1.I. The Morgan fingerprint density at radius 2 is 1.74 bits per heavy atom. The summed E-state index contributed by atoms with van der Waals surface area (Å²) in [5.41, 5.74) is 0. The van der Waals surface area contributed by atoms with Gasteiger partial charge in [-0.25, -0.2) is 0 Å². The molecule has 1 aliphatic carbocycles. The van der Waals surface area contributed by atoms with Gasteiger partial charge in [-0.1, -0.05) is 19.3 Å². The number of hydrogen-bond donors (Lipinski definition) is 2. The molecular formula is C19H36IN7. The quantitative estimate of drug-likeness (QED) is 0.267. The van der Waals surface area contributed by atoms with Crippen molar-refractivity contribution in [2.24, 2.45) is 4.99 Å². The van der Waals surface area contributed by atoms with Crippen molar-refractivity contribution in [1.29, 1.82) is 0 Å². The van der Waals surface area contributed by atoms with Crippen molar-refractivity contribution in [1.82, 2.24) is 30.3 Å². The van der Waals surface area contributed by atoms with Gasteiger partial charge in [-0.15, -0.1) is 34.2 Å². The van der Waals surface area contributed by atoms with E-state index in [-0.39, 0.29) is 24.0 Å². The lowest BCUT2D eigenvalue weighted by Gasteiger charge is -2.39. The van der Waals surface area contributed by atoms with E-state index >= 15 is 0 Å². The summed E-state index contributed by atoms with van der Waals surface area (Å²) in [6.07, 6.45) is 15.3. The molecule has 1 aromatic heterocycles. The first-order valence-corrected chi connectivity index (χ1v) is 10.4. The van der Waals surface area contributed by atoms with Gasteiger partial charge in [0.2, 0.25) is 0 Å². The predicted molar refractivity (Wildman–Crippen MR) is 121 cm³/mol. The van der Waals surface area contributed by atoms with E-state index in [0.717, 1.165) is 37.9 Å². The lowest BCUT2D eigenvalue weighted by Crippen LogP contribution is -2.51. The monoisotopic (exact) mass is 489 g/mol. The van der Waals surface area contributed by atoms with Crippen LogP contribution in [-0.4, -0.2) is 64.4 Å². The smallest absolute Gasteiger partial charge is 0.191 e. The highest BCUT2D eigenvalue weighted by Crippen LogP contribution is 2.25. The molecule has 0 aromatic carbocycles. The number of rotatable bonds is 7. The van der Waals surface area contributed by atoms with Gasteiger partial charge in [0.05, 0.1) is 0 Å². The van der Waals surface area contributed by atoms with Crippen LogP contribution in [0.5, 0.6) is 0 Å². The molecule has 154 valence electrons. The summed E-state index contributed by atoms with van der Waals surface area (Å²) in [7, 11) is 1.86. The van der Waals surface area contributed by atoms with Crippen molar-refractivity contribution >= 4 is 29.9 Å². The zero-order valence-electron chi connectivity index (χ0n) is 16.6. The van der Waals surface area contributed by atoms with E-state index in [4.69, 9.17) is 0 Å². The standard InChI is InChI=1S/C19H35N7.HI/c1-20-19(21-11-5-6-12-25-15-22-23-16-25)24-17-9-13-26(14-10-17)18-7-3-2-4-8-18;/h15-18H,2-14H2,1H3,(H2,20,21,24);1H. The maximum Gasteiger partial charge on any atom is 0.191 e. The number of unbranched alkanes of at least 4 members (excludes halogenated alkanes) is 1. The van der Waals surface area contributed by atoms with Crippen LogP contribution in [0.25, 0.3) is 0 Å². The third-order valence-corrected chi connectivity index (χ3v) is 5.79. The Bertz CT molecular complexity index is 520. The minimum Gasteiger partial charge on any atom is -0.356 e. The van der Waals surface area contributed by atoms with Crippen molar-refractivity contribution < 1.29 is 0 Å². The summed E-state index contributed by atoms with van der Waals surface area (Å²) in [6.45, 7) is 4.39. The molecular weight excluding hydrogens is 453 g/mol. The molecule has 2 fully saturated rings. The minimum atomic E-state index is 0. The fourth-order valence-electron chi connectivity index (χ4n) is 4.21. The molecule has 7 nitrogen and oxygen atoms in total. The van der Waals surface area contributed by atoms with Gasteiger partial charge in [0.25, 0.3) is 0 Å². The van der Waals surface area contributed by atoms with Crippen LogP contribution < -0.4 is 10.6 Å². The second-order valence-corrected chi connectivity index (χ2v) is 7.65. The molecule has 1 aliphatic heterocycles. The molecule has 0 radical (unpaired) electrons. The van der Waals surface area contributed by atoms with Crippen LogP contribution in [0.4, 0.5) is 0 Å². The van der Waals surface area contributed by atoms with Crippen LogP contribution >= 0.6 is 24.0 Å². The summed E-state index contributed by atoms with van der Waals surface area (Å²) < 4.78 is 2.02. The zero-order chi connectivity index (χ0) is 18.0. The first kappa shape index (κ1) is 22.4. The number of likely N-dealkylation sites (tertiary alicyclic amines) is 1. The first-order valence-electron chi connectivity index (χ1n) is 10.4. The van der Waals surface area contributed by atoms with E-state index in [2.05, 4.69) is 30.7 Å². The van der Waals surface area contributed by atoms with Crippen LogP contribution in [0.3, 0.4) is 0 Å². The Hall–Kier alpha value is -0.900. The van der Waals surface area contributed by atoms with E-state index in [1.54, 1.807) is 12.7 Å². The largest absolute Gasteiger partial charge is 0.356 e. The van der Waals surface area contributed by atoms with Gasteiger partial charge in [-0.3, -0.25) is 4.99 Å². The summed E-state index contributed by atoms with van der Waals surface area (Å²) in [5.74, 6) is 0.949. The Kier molecular flexibility index (Phi) is 10.4. The second kappa shape index (κ2) is 12.5. The number of nitrogens with zero attached hydrogens (tertiary/aromatic N) is 5. The molecule has 1 aromatic rings.